The Morgan fingerprint density at radius 1 is 1.21 bits per heavy atom. The number of piperidine rings is 1. The first-order chi connectivity index (χ1) is 13.7. The van der Waals surface area contributed by atoms with Gasteiger partial charge in [-0.1, -0.05) is 25.0 Å². The lowest BCUT2D eigenvalue weighted by Crippen LogP contribution is -2.47. The van der Waals surface area contributed by atoms with E-state index in [0.717, 1.165) is 37.8 Å². The van der Waals surface area contributed by atoms with Gasteiger partial charge >= 0.3 is 6.18 Å². The number of likely N-dealkylation sites (tertiary alicyclic amines) is 1. The van der Waals surface area contributed by atoms with Crippen LogP contribution < -0.4 is 5.32 Å². The number of alkyl halides is 3. The van der Waals surface area contributed by atoms with Crippen LogP contribution in [0.25, 0.3) is 0 Å². The van der Waals surface area contributed by atoms with Crippen LogP contribution in [0.4, 0.5) is 13.2 Å². The fourth-order valence-electron chi connectivity index (χ4n) is 4.48. The van der Waals surface area contributed by atoms with Crippen molar-refractivity contribution in [3.05, 3.63) is 35.4 Å². The van der Waals surface area contributed by atoms with E-state index in [9.17, 15) is 27.9 Å². The van der Waals surface area contributed by atoms with Gasteiger partial charge in [-0.2, -0.15) is 13.2 Å². The molecule has 3 rings (SSSR count). The summed E-state index contributed by atoms with van der Waals surface area (Å²) in [6.45, 7) is 0.150. The van der Waals surface area contributed by atoms with E-state index in [2.05, 4.69) is 5.32 Å². The van der Waals surface area contributed by atoms with Gasteiger partial charge in [-0.3, -0.25) is 9.59 Å². The summed E-state index contributed by atoms with van der Waals surface area (Å²) in [5, 5.41) is 13.1. The second-order valence-corrected chi connectivity index (χ2v) is 8.07. The van der Waals surface area contributed by atoms with Crippen LogP contribution in [0.15, 0.2) is 24.3 Å². The first kappa shape index (κ1) is 21.6. The lowest BCUT2D eigenvalue weighted by molar-refractivity contribution is -0.142. The van der Waals surface area contributed by atoms with E-state index in [-0.39, 0.29) is 30.7 Å². The maximum Gasteiger partial charge on any atom is 0.416 e. The smallest absolute Gasteiger partial charge is 0.391 e. The van der Waals surface area contributed by atoms with E-state index in [1.54, 1.807) is 7.05 Å². The number of halogens is 3. The molecule has 1 aromatic rings. The molecule has 1 aliphatic carbocycles. The highest BCUT2D eigenvalue weighted by atomic mass is 19.4. The van der Waals surface area contributed by atoms with Gasteiger partial charge in [0, 0.05) is 20.0 Å². The van der Waals surface area contributed by atoms with E-state index in [4.69, 9.17) is 0 Å². The minimum atomic E-state index is -4.44. The van der Waals surface area contributed by atoms with E-state index in [0.29, 0.717) is 12.0 Å². The molecule has 0 bridgehead atoms. The predicted molar refractivity (Wildman–Crippen MR) is 101 cm³/mol. The Bertz CT molecular complexity index is 730. The number of nitrogens with zero attached hydrogens (tertiary/aromatic N) is 1. The largest absolute Gasteiger partial charge is 0.416 e. The quantitative estimate of drug-likeness (QED) is 0.780. The van der Waals surface area contributed by atoms with Crippen molar-refractivity contribution in [3.8, 4) is 0 Å². The fraction of sp³-hybridized carbons (Fsp3) is 0.619. The molecule has 29 heavy (non-hydrogen) atoms. The molecular weight excluding hydrogens is 385 g/mol. The highest BCUT2D eigenvalue weighted by Gasteiger charge is 2.39. The van der Waals surface area contributed by atoms with Gasteiger partial charge in [-0.15, -0.1) is 0 Å². The number of aliphatic hydroxyl groups is 1. The Labute approximate surface area is 168 Å². The zero-order valence-electron chi connectivity index (χ0n) is 16.4. The molecular formula is C21H27F3N2O3. The first-order valence-electron chi connectivity index (χ1n) is 10.1. The number of nitrogens with one attached hydrogen (secondary N) is 1. The number of amides is 2. The zero-order valence-corrected chi connectivity index (χ0v) is 16.4. The van der Waals surface area contributed by atoms with E-state index in [1.807, 2.05) is 0 Å². The SMILES string of the molecule is CN1C(=O)CCC(C(=O)NCC(O)C2CCCC2)C1c1ccc(C(F)(F)F)cc1. The minimum absolute atomic E-state index is 0.148. The fourth-order valence-corrected chi connectivity index (χ4v) is 4.48. The number of aliphatic hydroxyl groups excluding tert-OH is 1. The number of benzene rings is 1. The molecule has 1 heterocycles. The van der Waals surface area contributed by atoms with Crippen LogP contribution in [0.5, 0.6) is 0 Å². The number of rotatable bonds is 5. The summed E-state index contributed by atoms with van der Waals surface area (Å²) in [5.41, 5.74) is -0.281. The molecule has 3 unspecified atom stereocenters. The van der Waals surface area contributed by atoms with Crippen molar-refractivity contribution < 1.29 is 27.9 Å². The van der Waals surface area contributed by atoms with Gasteiger partial charge in [0.1, 0.15) is 0 Å². The van der Waals surface area contributed by atoms with Crippen molar-refractivity contribution in [2.45, 2.75) is 56.8 Å². The van der Waals surface area contributed by atoms with Crippen molar-refractivity contribution in [1.82, 2.24) is 10.2 Å². The Morgan fingerprint density at radius 3 is 2.41 bits per heavy atom. The number of hydrogen-bond acceptors (Lipinski definition) is 3. The molecule has 2 amide bonds. The Balaban J connectivity index is 1.73. The van der Waals surface area contributed by atoms with E-state index < -0.39 is 29.8 Å². The van der Waals surface area contributed by atoms with Gasteiger partial charge in [-0.25, -0.2) is 0 Å². The lowest BCUT2D eigenvalue weighted by Gasteiger charge is -2.38. The second kappa shape index (κ2) is 8.73. The van der Waals surface area contributed by atoms with E-state index in [1.165, 1.54) is 17.0 Å². The highest BCUT2D eigenvalue weighted by molar-refractivity contribution is 5.84. The molecule has 0 radical (unpaired) electrons. The van der Waals surface area contributed by atoms with Crippen LogP contribution in [0.1, 0.15) is 55.7 Å². The average molecular weight is 412 g/mol. The van der Waals surface area contributed by atoms with Crippen LogP contribution in [-0.2, 0) is 15.8 Å². The third kappa shape index (κ3) is 4.91. The van der Waals surface area contributed by atoms with Crippen LogP contribution in [0.2, 0.25) is 0 Å². The van der Waals surface area contributed by atoms with E-state index >= 15 is 0 Å². The topological polar surface area (TPSA) is 69.6 Å². The molecule has 1 aromatic carbocycles. The Kier molecular flexibility index (Phi) is 6.51. The van der Waals surface area contributed by atoms with Crippen LogP contribution in [-0.4, -0.2) is 41.5 Å². The second-order valence-electron chi connectivity index (χ2n) is 8.07. The normalized spacial score (nSPS) is 24.6. The summed E-state index contributed by atoms with van der Waals surface area (Å²) in [7, 11) is 1.57. The summed E-state index contributed by atoms with van der Waals surface area (Å²) >= 11 is 0. The molecule has 5 nitrogen and oxygen atoms in total. The van der Waals surface area contributed by atoms with Crippen LogP contribution in [0, 0.1) is 11.8 Å². The molecule has 0 aromatic heterocycles. The third-order valence-corrected chi connectivity index (χ3v) is 6.21. The summed E-state index contributed by atoms with van der Waals surface area (Å²) in [5.74, 6) is -0.821. The number of carbonyl (C=O) groups is 2. The van der Waals surface area contributed by atoms with Crippen molar-refractivity contribution in [2.75, 3.05) is 13.6 Å². The van der Waals surface area contributed by atoms with Crippen molar-refractivity contribution in [2.24, 2.45) is 11.8 Å². The predicted octanol–water partition coefficient (Wildman–Crippen LogP) is 3.28. The lowest BCUT2D eigenvalue weighted by atomic mass is 9.83. The zero-order chi connectivity index (χ0) is 21.2. The highest BCUT2D eigenvalue weighted by Crippen LogP contribution is 2.37. The number of carbonyl (C=O) groups excluding carboxylic acids is 2. The molecule has 1 aliphatic heterocycles. The summed E-state index contributed by atoms with van der Waals surface area (Å²) in [4.78, 5) is 26.5. The standard InChI is InChI=1S/C21H27F3N2O3/c1-26-18(28)11-10-16(20(29)25-12-17(27)13-4-2-3-5-13)19(26)14-6-8-15(9-7-14)21(22,23)24/h6-9,13,16-17,19,27H,2-5,10-12H2,1H3,(H,25,29). The van der Waals surface area contributed by atoms with Gasteiger partial charge in [0.2, 0.25) is 11.8 Å². The maximum atomic E-state index is 12.9. The van der Waals surface area contributed by atoms with Gasteiger partial charge in [0.25, 0.3) is 0 Å². The van der Waals surface area contributed by atoms with Gasteiger partial charge < -0.3 is 15.3 Å². The van der Waals surface area contributed by atoms with Gasteiger partial charge in [0.05, 0.1) is 23.6 Å². The summed E-state index contributed by atoms with van der Waals surface area (Å²) in [6.07, 6.45) is -0.453. The molecule has 8 heteroatoms. The molecule has 2 fully saturated rings. The molecule has 160 valence electrons. The molecule has 2 N–H and O–H groups in total. The summed E-state index contributed by atoms with van der Waals surface area (Å²) < 4.78 is 38.6. The monoisotopic (exact) mass is 412 g/mol. The van der Waals surface area contributed by atoms with Crippen molar-refractivity contribution >= 4 is 11.8 Å². The molecule has 1 saturated carbocycles. The number of hydrogen-bond donors (Lipinski definition) is 2. The molecule has 2 aliphatic rings. The minimum Gasteiger partial charge on any atom is -0.391 e. The molecule has 1 saturated heterocycles. The average Bonchev–Trinajstić information content (AvgIpc) is 3.22. The van der Waals surface area contributed by atoms with Crippen LogP contribution >= 0.6 is 0 Å². The van der Waals surface area contributed by atoms with Gasteiger partial charge in [0.15, 0.2) is 0 Å². The Morgan fingerprint density at radius 2 is 1.83 bits per heavy atom. The van der Waals surface area contributed by atoms with Gasteiger partial charge in [-0.05, 0) is 42.9 Å². The molecule has 3 atom stereocenters. The van der Waals surface area contributed by atoms with Crippen molar-refractivity contribution in [1.29, 1.82) is 0 Å². The van der Waals surface area contributed by atoms with Crippen LogP contribution in [0.3, 0.4) is 0 Å². The molecule has 0 spiro atoms. The Hall–Kier alpha value is -2.09. The van der Waals surface area contributed by atoms with Crippen molar-refractivity contribution in [3.63, 3.8) is 0 Å². The third-order valence-electron chi connectivity index (χ3n) is 6.21. The first-order valence-corrected chi connectivity index (χ1v) is 10.1. The maximum absolute atomic E-state index is 12.9. The summed E-state index contributed by atoms with van der Waals surface area (Å²) in [6, 6.07) is 3.97.